The highest BCUT2D eigenvalue weighted by molar-refractivity contribution is 5.81. The summed E-state index contributed by atoms with van der Waals surface area (Å²) >= 11 is 0. The van der Waals surface area contributed by atoms with Gasteiger partial charge in [0.2, 0.25) is 0 Å². The van der Waals surface area contributed by atoms with E-state index in [1.165, 1.54) is 18.2 Å². The average Bonchev–Trinajstić information content (AvgIpc) is 2.70. The Kier molecular flexibility index (Phi) is 4.56. The Labute approximate surface area is 160 Å². The minimum atomic E-state index is -0.543. The topological polar surface area (TPSA) is 90.4 Å². The Bertz CT molecular complexity index is 1160. The number of likely N-dealkylation sites (tertiary alicyclic amines) is 1. The van der Waals surface area contributed by atoms with Crippen molar-refractivity contribution in [3.05, 3.63) is 79.5 Å². The summed E-state index contributed by atoms with van der Waals surface area (Å²) in [4.78, 5) is 39.4. The van der Waals surface area contributed by atoms with E-state index in [0.717, 1.165) is 30.5 Å². The summed E-state index contributed by atoms with van der Waals surface area (Å²) in [5, 5.41) is 11.4. The summed E-state index contributed by atoms with van der Waals surface area (Å²) < 4.78 is 2.75. The van der Waals surface area contributed by atoms with E-state index in [-0.39, 0.29) is 17.1 Å². The molecule has 144 valence electrons. The number of benzene rings is 2. The van der Waals surface area contributed by atoms with Crippen molar-refractivity contribution >= 4 is 16.6 Å². The molecule has 4 rings (SSSR count). The zero-order valence-electron chi connectivity index (χ0n) is 15.4. The molecule has 1 aliphatic rings. The van der Waals surface area contributed by atoms with Crippen LogP contribution in [0, 0.1) is 10.1 Å². The van der Waals surface area contributed by atoms with Gasteiger partial charge in [-0.05, 0) is 51.2 Å². The Morgan fingerprint density at radius 3 is 2.36 bits per heavy atom. The SMILES string of the molecule is CN1CCC(n2c(=O)n(-c3ccccc3)c(=O)c3cc([N+](=O)[O-])ccc32)CC1. The standard InChI is InChI=1S/C20H20N4O4/c1-21-11-9-15(10-12-21)22-18-8-7-16(24(27)28)13-17(18)19(25)23(20(22)26)14-5-3-2-4-6-14/h2-8,13,15H,9-12H2,1H3. The predicted molar refractivity (Wildman–Crippen MR) is 106 cm³/mol. The highest BCUT2D eigenvalue weighted by Crippen LogP contribution is 2.25. The summed E-state index contributed by atoms with van der Waals surface area (Å²) in [7, 11) is 2.03. The molecule has 28 heavy (non-hydrogen) atoms. The first-order valence-electron chi connectivity index (χ1n) is 9.17. The molecule has 0 unspecified atom stereocenters. The molecule has 0 amide bonds. The van der Waals surface area contributed by atoms with Gasteiger partial charge in [-0.2, -0.15) is 0 Å². The van der Waals surface area contributed by atoms with Gasteiger partial charge < -0.3 is 4.90 Å². The van der Waals surface area contributed by atoms with E-state index in [9.17, 15) is 19.7 Å². The van der Waals surface area contributed by atoms with Gasteiger partial charge in [0.15, 0.2) is 0 Å². The van der Waals surface area contributed by atoms with Crippen LogP contribution in [0.4, 0.5) is 5.69 Å². The number of para-hydroxylation sites is 1. The van der Waals surface area contributed by atoms with E-state index in [2.05, 4.69) is 4.90 Å². The minimum absolute atomic E-state index is 0.0665. The highest BCUT2D eigenvalue weighted by Gasteiger charge is 2.25. The molecule has 3 aromatic rings. The number of non-ortho nitro benzene ring substituents is 1. The maximum absolute atomic E-state index is 13.4. The Morgan fingerprint density at radius 1 is 1.04 bits per heavy atom. The minimum Gasteiger partial charge on any atom is -0.306 e. The molecule has 1 aromatic heterocycles. The molecule has 2 aromatic carbocycles. The third-order valence-corrected chi connectivity index (χ3v) is 5.35. The number of nitrogens with zero attached hydrogens (tertiary/aromatic N) is 4. The zero-order valence-corrected chi connectivity index (χ0v) is 15.4. The molecular formula is C20H20N4O4. The van der Waals surface area contributed by atoms with E-state index < -0.39 is 16.2 Å². The van der Waals surface area contributed by atoms with Crippen LogP contribution < -0.4 is 11.2 Å². The van der Waals surface area contributed by atoms with Crippen molar-refractivity contribution in [3.63, 3.8) is 0 Å². The fourth-order valence-corrected chi connectivity index (χ4v) is 3.85. The van der Waals surface area contributed by atoms with Gasteiger partial charge in [-0.25, -0.2) is 9.36 Å². The fraction of sp³-hybridized carbons (Fsp3) is 0.300. The van der Waals surface area contributed by atoms with Crippen molar-refractivity contribution < 1.29 is 4.92 Å². The summed E-state index contributed by atoms with van der Waals surface area (Å²) in [5.41, 5.74) is -0.223. The third kappa shape index (κ3) is 3.01. The van der Waals surface area contributed by atoms with Crippen molar-refractivity contribution in [1.82, 2.24) is 14.0 Å². The number of nitro groups is 1. The van der Waals surface area contributed by atoms with Gasteiger partial charge in [-0.15, -0.1) is 0 Å². The molecule has 1 fully saturated rings. The number of fused-ring (bicyclic) bond motifs is 1. The van der Waals surface area contributed by atoms with Gasteiger partial charge in [0.1, 0.15) is 0 Å². The van der Waals surface area contributed by atoms with Crippen molar-refractivity contribution in [2.75, 3.05) is 20.1 Å². The first kappa shape index (κ1) is 18.1. The molecule has 1 aliphatic heterocycles. The first-order valence-corrected chi connectivity index (χ1v) is 9.17. The predicted octanol–water partition coefficient (Wildman–Crippen LogP) is 2.33. The number of aromatic nitrogens is 2. The molecule has 0 bridgehead atoms. The number of rotatable bonds is 3. The monoisotopic (exact) mass is 380 g/mol. The van der Waals surface area contributed by atoms with Crippen LogP contribution in [0.15, 0.2) is 58.1 Å². The van der Waals surface area contributed by atoms with Gasteiger partial charge >= 0.3 is 5.69 Å². The van der Waals surface area contributed by atoms with E-state index in [1.54, 1.807) is 34.9 Å². The third-order valence-electron chi connectivity index (χ3n) is 5.35. The van der Waals surface area contributed by atoms with Crippen LogP contribution in [0.3, 0.4) is 0 Å². The van der Waals surface area contributed by atoms with Gasteiger partial charge in [0, 0.05) is 18.2 Å². The molecule has 0 aliphatic carbocycles. The maximum atomic E-state index is 13.4. The van der Waals surface area contributed by atoms with Crippen LogP contribution in [0.1, 0.15) is 18.9 Å². The second-order valence-electron chi connectivity index (χ2n) is 7.12. The van der Waals surface area contributed by atoms with E-state index in [4.69, 9.17) is 0 Å². The molecule has 2 heterocycles. The van der Waals surface area contributed by atoms with Crippen LogP contribution in [0.2, 0.25) is 0 Å². The van der Waals surface area contributed by atoms with E-state index in [1.807, 2.05) is 7.05 Å². The second-order valence-corrected chi connectivity index (χ2v) is 7.12. The summed E-state index contributed by atoms with van der Waals surface area (Å²) in [6, 6.07) is 12.7. The molecule has 0 radical (unpaired) electrons. The van der Waals surface area contributed by atoms with Crippen LogP contribution in [-0.4, -0.2) is 39.1 Å². The molecule has 8 heteroatoms. The normalized spacial score (nSPS) is 15.8. The van der Waals surface area contributed by atoms with Crippen LogP contribution >= 0.6 is 0 Å². The number of hydrogen-bond acceptors (Lipinski definition) is 5. The van der Waals surface area contributed by atoms with Gasteiger partial charge in [0.05, 0.1) is 21.5 Å². The summed E-state index contributed by atoms with van der Waals surface area (Å²) in [6.07, 6.45) is 1.55. The van der Waals surface area contributed by atoms with Crippen molar-refractivity contribution in [1.29, 1.82) is 0 Å². The van der Waals surface area contributed by atoms with Crippen molar-refractivity contribution in [3.8, 4) is 5.69 Å². The molecule has 0 atom stereocenters. The smallest absolute Gasteiger partial charge is 0.306 e. The lowest BCUT2D eigenvalue weighted by atomic mass is 10.0. The number of piperidine rings is 1. The molecule has 8 nitrogen and oxygen atoms in total. The summed E-state index contributed by atoms with van der Waals surface area (Å²) in [5.74, 6) is 0. The lowest BCUT2D eigenvalue weighted by molar-refractivity contribution is -0.384. The van der Waals surface area contributed by atoms with Gasteiger partial charge in [-0.3, -0.25) is 19.5 Å². The van der Waals surface area contributed by atoms with Gasteiger partial charge in [0.25, 0.3) is 11.2 Å². The van der Waals surface area contributed by atoms with Crippen LogP contribution in [-0.2, 0) is 0 Å². The Morgan fingerprint density at radius 2 is 1.71 bits per heavy atom. The molecule has 1 saturated heterocycles. The second kappa shape index (κ2) is 7.05. The average molecular weight is 380 g/mol. The van der Waals surface area contributed by atoms with E-state index >= 15 is 0 Å². The maximum Gasteiger partial charge on any atom is 0.336 e. The van der Waals surface area contributed by atoms with Gasteiger partial charge in [-0.1, -0.05) is 18.2 Å². The van der Waals surface area contributed by atoms with Crippen LogP contribution in [0.25, 0.3) is 16.6 Å². The lowest BCUT2D eigenvalue weighted by Gasteiger charge is -2.31. The van der Waals surface area contributed by atoms with Crippen molar-refractivity contribution in [2.24, 2.45) is 0 Å². The quantitative estimate of drug-likeness (QED) is 0.514. The number of nitro benzene ring substituents is 1. The zero-order chi connectivity index (χ0) is 19.8. The highest BCUT2D eigenvalue weighted by atomic mass is 16.6. The summed E-state index contributed by atoms with van der Waals surface area (Å²) in [6.45, 7) is 1.69. The number of hydrogen-bond donors (Lipinski definition) is 0. The molecule has 0 N–H and O–H groups in total. The molecular weight excluding hydrogens is 360 g/mol. The van der Waals surface area contributed by atoms with E-state index in [0.29, 0.717) is 11.2 Å². The molecule has 0 spiro atoms. The largest absolute Gasteiger partial charge is 0.336 e. The molecule has 0 saturated carbocycles. The Balaban J connectivity index is 2.05. The van der Waals surface area contributed by atoms with Crippen molar-refractivity contribution in [2.45, 2.75) is 18.9 Å². The Hall–Kier alpha value is -3.26. The lowest BCUT2D eigenvalue weighted by Crippen LogP contribution is -2.43. The first-order chi connectivity index (χ1) is 13.5. The van der Waals surface area contributed by atoms with Crippen LogP contribution in [0.5, 0.6) is 0 Å². The fourth-order valence-electron chi connectivity index (χ4n) is 3.85.